The number of rotatable bonds is 5. The molecule has 1 heterocycles. The summed E-state index contributed by atoms with van der Waals surface area (Å²) in [5.41, 5.74) is 0. The fraction of sp³-hybridized carbons (Fsp3) is 1.00. The molecule has 0 saturated carbocycles. The number of aliphatic hydroxyl groups is 2. The van der Waals surface area contributed by atoms with Crippen LogP contribution in [0.2, 0.25) is 0 Å². The summed E-state index contributed by atoms with van der Waals surface area (Å²) in [5.74, 6) is 0. The molecule has 0 aliphatic carbocycles. The van der Waals surface area contributed by atoms with Gasteiger partial charge in [0.2, 0.25) is 0 Å². The molecular weight excluding hydrogens is 207 g/mol. The first-order valence-electron chi connectivity index (χ1n) is 4.70. The lowest BCUT2D eigenvalue weighted by Gasteiger charge is -2.33. The van der Waals surface area contributed by atoms with Crippen molar-refractivity contribution in [3.8, 4) is 0 Å². The quantitative estimate of drug-likeness (QED) is 0.540. The highest BCUT2D eigenvalue weighted by atomic mass is 31.2. The fourth-order valence-corrected chi connectivity index (χ4v) is 3.29. The maximum atomic E-state index is 12.1. The smallest absolute Gasteiger partial charge is 0.343 e. The van der Waals surface area contributed by atoms with Crippen LogP contribution in [0.4, 0.5) is 0 Å². The molecule has 0 aromatic heterocycles. The van der Waals surface area contributed by atoms with E-state index >= 15 is 0 Å². The molecule has 1 rings (SSSR count). The minimum atomic E-state index is -2.99. The van der Waals surface area contributed by atoms with Crippen molar-refractivity contribution in [2.75, 3.05) is 39.5 Å². The molecule has 14 heavy (non-hydrogen) atoms. The average molecular weight is 224 g/mol. The normalized spacial score (nSPS) is 28.2. The summed E-state index contributed by atoms with van der Waals surface area (Å²) < 4.78 is 18.7. The molecule has 0 aromatic rings. The zero-order chi connectivity index (χ0) is 10.4. The van der Waals surface area contributed by atoms with E-state index in [2.05, 4.69) is 5.09 Å². The summed E-state index contributed by atoms with van der Waals surface area (Å²) >= 11 is 0. The van der Waals surface area contributed by atoms with Crippen molar-refractivity contribution < 1.29 is 19.3 Å². The van der Waals surface area contributed by atoms with Crippen molar-refractivity contribution in [1.29, 1.82) is 0 Å². The van der Waals surface area contributed by atoms with E-state index in [1.165, 1.54) is 4.67 Å². The second kappa shape index (κ2) is 5.80. The Bertz CT molecular complexity index is 198. The highest BCUT2D eigenvalue weighted by Crippen LogP contribution is 2.47. The van der Waals surface area contributed by atoms with Crippen molar-refractivity contribution in [2.24, 2.45) is 0 Å². The molecule has 0 aromatic carbocycles. The molecule has 6 nitrogen and oxygen atoms in total. The molecule has 0 radical (unpaired) electrons. The lowest BCUT2D eigenvalue weighted by Crippen LogP contribution is -2.36. The maximum Gasteiger partial charge on any atom is 0.343 e. The van der Waals surface area contributed by atoms with Crippen molar-refractivity contribution in [3.63, 3.8) is 0 Å². The van der Waals surface area contributed by atoms with Crippen LogP contribution < -0.4 is 5.09 Å². The largest absolute Gasteiger partial charge is 0.395 e. The van der Waals surface area contributed by atoms with Crippen LogP contribution in [-0.4, -0.2) is 54.3 Å². The van der Waals surface area contributed by atoms with Gasteiger partial charge in [0.1, 0.15) is 0 Å². The lowest BCUT2D eigenvalue weighted by molar-refractivity contribution is 0.177. The van der Waals surface area contributed by atoms with Crippen LogP contribution >= 0.6 is 7.67 Å². The molecule has 1 unspecified atom stereocenters. The third kappa shape index (κ3) is 3.02. The van der Waals surface area contributed by atoms with Gasteiger partial charge in [0.05, 0.1) is 19.8 Å². The van der Waals surface area contributed by atoms with Crippen molar-refractivity contribution >= 4 is 7.67 Å². The monoisotopic (exact) mass is 224 g/mol. The Balaban J connectivity index is 2.58. The Morgan fingerprint density at radius 1 is 1.36 bits per heavy atom. The van der Waals surface area contributed by atoms with Gasteiger partial charge in [-0.05, 0) is 6.42 Å². The third-order valence-corrected chi connectivity index (χ3v) is 4.29. The Kier molecular flexibility index (Phi) is 5.01. The summed E-state index contributed by atoms with van der Waals surface area (Å²) in [7, 11) is -2.99. The van der Waals surface area contributed by atoms with Gasteiger partial charge < -0.3 is 14.7 Å². The SMILES string of the molecule is O=P1(N(CCO)CCO)NCCCO1. The van der Waals surface area contributed by atoms with Crippen LogP contribution in [0.3, 0.4) is 0 Å². The van der Waals surface area contributed by atoms with Gasteiger partial charge in [0.15, 0.2) is 0 Å². The molecule has 1 aliphatic heterocycles. The van der Waals surface area contributed by atoms with Gasteiger partial charge in [-0.3, -0.25) is 4.57 Å². The van der Waals surface area contributed by atoms with Crippen molar-refractivity contribution in [1.82, 2.24) is 9.76 Å². The zero-order valence-corrected chi connectivity index (χ0v) is 8.95. The van der Waals surface area contributed by atoms with Gasteiger partial charge in [-0.25, -0.2) is 9.76 Å². The van der Waals surface area contributed by atoms with Crippen LogP contribution in [0.5, 0.6) is 0 Å². The van der Waals surface area contributed by atoms with E-state index < -0.39 is 7.67 Å². The lowest BCUT2D eigenvalue weighted by atomic mass is 10.5. The van der Waals surface area contributed by atoms with E-state index in [-0.39, 0.29) is 26.3 Å². The van der Waals surface area contributed by atoms with E-state index in [0.29, 0.717) is 13.2 Å². The van der Waals surface area contributed by atoms with Crippen LogP contribution in [0.25, 0.3) is 0 Å². The predicted molar refractivity (Wildman–Crippen MR) is 51.9 cm³/mol. The van der Waals surface area contributed by atoms with Crippen LogP contribution in [0, 0.1) is 0 Å². The molecule has 0 amide bonds. The summed E-state index contributed by atoms with van der Waals surface area (Å²) in [6, 6.07) is 0. The number of hydrogen-bond acceptors (Lipinski definition) is 4. The Morgan fingerprint density at radius 2 is 2.00 bits per heavy atom. The van der Waals surface area contributed by atoms with Gasteiger partial charge in [0.25, 0.3) is 0 Å². The van der Waals surface area contributed by atoms with Gasteiger partial charge in [-0.15, -0.1) is 0 Å². The molecule has 1 atom stereocenters. The molecule has 1 aliphatic rings. The standard InChI is InChI=1S/C7H17N2O4P/c10-5-3-9(4-6-11)14(12)8-2-1-7-13-14/h10-11H,1-7H2,(H,8,12). The summed E-state index contributed by atoms with van der Waals surface area (Å²) in [6.45, 7) is 1.38. The molecule has 1 fully saturated rings. The summed E-state index contributed by atoms with van der Waals surface area (Å²) in [5, 5.41) is 20.4. The molecule has 84 valence electrons. The summed E-state index contributed by atoms with van der Waals surface area (Å²) in [6.07, 6.45) is 0.829. The van der Waals surface area contributed by atoms with Gasteiger partial charge in [-0.1, -0.05) is 0 Å². The molecule has 1 saturated heterocycles. The zero-order valence-electron chi connectivity index (χ0n) is 8.06. The molecule has 3 N–H and O–H groups in total. The van der Waals surface area contributed by atoms with Gasteiger partial charge >= 0.3 is 7.67 Å². The Hall–Kier alpha value is 0.0300. The van der Waals surface area contributed by atoms with E-state index in [9.17, 15) is 4.57 Å². The fourth-order valence-electron chi connectivity index (χ4n) is 1.31. The van der Waals surface area contributed by atoms with E-state index in [4.69, 9.17) is 14.7 Å². The minimum absolute atomic E-state index is 0.102. The van der Waals surface area contributed by atoms with Crippen LogP contribution in [0.15, 0.2) is 0 Å². The van der Waals surface area contributed by atoms with E-state index in [0.717, 1.165) is 6.42 Å². The first-order valence-corrected chi connectivity index (χ1v) is 6.27. The maximum absolute atomic E-state index is 12.1. The van der Waals surface area contributed by atoms with E-state index in [1.807, 2.05) is 0 Å². The average Bonchev–Trinajstić information content (AvgIpc) is 2.19. The van der Waals surface area contributed by atoms with Gasteiger partial charge in [0, 0.05) is 19.6 Å². The first kappa shape index (κ1) is 12.1. The second-order valence-electron chi connectivity index (χ2n) is 3.02. The number of aliphatic hydroxyl groups excluding tert-OH is 2. The van der Waals surface area contributed by atoms with Crippen LogP contribution in [0.1, 0.15) is 6.42 Å². The highest BCUT2D eigenvalue weighted by molar-refractivity contribution is 7.54. The first-order chi connectivity index (χ1) is 6.73. The summed E-state index contributed by atoms with van der Waals surface area (Å²) in [4.78, 5) is 0. The van der Waals surface area contributed by atoms with Crippen molar-refractivity contribution in [3.05, 3.63) is 0 Å². The van der Waals surface area contributed by atoms with E-state index in [1.54, 1.807) is 0 Å². The predicted octanol–water partition coefficient (Wildman–Crippen LogP) is -0.609. The van der Waals surface area contributed by atoms with Crippen molar-refractivity contribution in [2.45, 2.75) is 6.42 Å². The molecule has 0 bridgehead atoms. The number of nitrogens with one attached hydrogen (secondary N) is 1. The van der Waals surface area contributed by atoms with Gasteiger partial charge in [-0.2, -0.15) is 0 Å². The third-order valence-electron chi connectivity index (χ3n) is 1.99. The Morgan fingerprint density at radius 3 is 2.43 bits per heavy atom. The van der Waals surface area contributed by atoms with Crippen LogP contribution in [-0.2, 0) is 9.09 Å². The highest BCUT2D eigenvalue weighted by Gasteiger charge is 2.32. The minimum Gasteiger partial charge on any atom is -0.395 e. The Labute approximate surface area is 83.4 Å². The molecule has 0 spiro atoms. The number of hydrogen-bond donors (Lipinski definition) is 3. The second-order valence-corrected chi connectivity index (χ2v) is 5.20. The molecular formula is C7H17N2O4P. The topological polar surface area (TPSA) is 82.0 Å². The molecule has 7 heteroatoms. The number of nitrogens with zero attached hydrogens (tertiary/aromatic N) is 1.